The SMILES string of the molecule is O=C(NCl)c1ccccc1S(=O)(=O)O. The third-order valence-electron chi connectivity index (χ3n) is 1.50. The quantitative estimate of drug-likeness (QED) is 0.587. The van der Waals surface area contributed by atoms with Crippen LogP contribution in [-0.4, -0.2) is 18.9 Å². The van der Waals surface area contributed by atoms with Crippen LogP contribution in [0.5, 0.6) is 0 Å². The second kappa shape index (κ2) is 3.95. The number of benzene rings is 1. The standard InChI is InChI=1S/C7H6ClNO4S/c8-9-7(10)5-3-1-2-4-6(5)14(11,12)13/h1-4H,(H,9,10)(H,11,12,13). The molecule has 0 aliphatic rings. The summed E-state index contributed by atoms with van der Waals surface area (Å²) in [7, 11) is -4.41. The van der Waals surface area contributed by atoms with Crippen LogP contribution in [0.4, 0.5) is 0 Å². The van der Waals surface area contributed by atoms with Gasteiger partial charge in [0.1, 0.15) is 4.90 Å². The van der Waals surface area contributed by atoms with Gasteiger partial charge < -0.3 is 0 Å². The number of rotatable bonds is 2. The first-order chi connectivity index (χ1) is 6.46. The Labute approximate surface area is 85.6 Å². The lowest BCUT2D eigenvalue weighted by Gasteiger charge is -2.03. The van der Waals surface area contributed by atoms with Gasteiger partial charge in [0.05, 0.1) is 5.56 Å². The molecule has 1 aromatic rings. The minimum Gasteiger partial charge on any atom is -0.282 e. The predicted molar refractivity (Wildman–Crippen MR) is 49.6 cm³/mol. The van der Waals surface area contributed by atoms with Crippen molar-refractivity contribution >= 4 is 27.8 Å². The highest BCUT2D eigenvalue weighted by atomic mass is 35.5. The number of carbonyl (C=O) groups excluding carboxylic acids is 1. The molecule has 0 unspecified atom stereocenters. The Kier molecular flexibility index (Phi) is 3.10. The monoisotopic (exact) mass is 235 g/mol. The first-order valence-electron chi connectivity index (χ1n) is 3.44. The highest BCUT2D eigenvalue weighted by molar-refractivity contribution is 7.86. The Bertz CT molecular complexity index is 457. The summed E-state index contributed by atoms with van der Waals surface area (Å²) in [5.74, 6) is -0.792. The number of hydrogen-bond donors (Lipinski definition) is 2. The van der Waals surface area contributed by atoms with Crippen LogP contribution in [0.25, 0.3) is 0 Å². The van der Waals surface area contributed by atoms with Crippen molar-refractivity contribution in [3.63, 3.8) is 0 Å². The molecule has 0 atom stereocenters. The lowest BCUT2D eigenvalue weighted by Crippen LogP contribution is -2.16. The third kappa shape index (κ3) is 2.22. The molecular formula is C7H6ClNO4S. The second-order valence-electron chi connectivity index (χ2n) is 2.39. The van der Waals surface area contributed by atoms with Gasteiger partial charge in [-0.25, -0.2) is 0 Å². The van der Waals surface area contributed by atoms with E-state index in [-0.39, 0.29) is 5.56 Å². The molecule has 7 heteroatoms. The maximum Gasteiger partial charge on any atom is 0.295 e. The van der Waals surface area contributed by atoms with Crippen molar-refractivity contribution in [2.75, 3.05) is 0 Å². The van der Waals surface area contributed by atoms with Crippen LogP contribution in [-0.2, 0) is 10.1 Å². The zero-order valence-electron chi connectivity index (χ0n) is 6.77. The van der Waals surface area contributed by atoms with Crippen molar-refractivity contribution in [1.82, 2.24) is 4.84 Å². The van der Waals surface area contributed by atoms with E-state index in [0.717, 1.165) is 6.07 Å². The van der Waals surface area contributed by atoms with E-state index in [9.17, 15) is 13.2 Å². The molecule has 0 fully saturated rings. The fraction of sp³-hybridized carbons (Fsp3) is 0. The van der Waals surface area contributed by atoms with Crippen LogP contribution in [0.15, 0.2) is 29.2 Å². The minimum absolute atomic E-state index is 0.204. The average molecular weight is 236 g/mol. The number of amides is 1. The molecule has 0 saturated carbocycles. The molecule has 0 saturated heterocycles. The fourth-order valence-corrected chi connectivity index (χ4v) is 1.72. The normalized spacial score (nSPS) is 11.0. The van der Waals surface area contributed by atoms with Gasteiger partial charge in [0, 0.05) is 11.8 Å². The maximum atomic E-state index is 11.1. The Morgan fingerprint density at radius 2 is 1.93 bits per heavy atom. The van der Waals surface area contributed by atoms with Crippen LogP contribution >= 0.6 is 11.8 Å². The first-order valence-corrected chi connectivity index (χ1v) is 5.26. The van der Waals surface area contributed by atoms with Crippen LogP contribution in [0, 0.1) is 0 Å². The minimum atomic E-state index is -4.41. The molecular weight excluding hydrogens is 230 g/mol. The summed E-state index contributed by atoms with van der Waals surface area (Å²) in [6.45, 7) is 0. The summed E-state index contributed by atoms with van der Waals surface area (Å²) in [6, 6.07) is 5.18. The number of halogens is 1. The van der Waals surface area contributed by atoms with Gasteiger partial charge >= 0.3 is 0 Å². The van der Waals surface area contributed by atoms with Crippen molar-refractivity contribution in [1.29, 1.82) is 0 Å². The summed E-state index contributed by atoms with van der Waals surface area (Å²) in [5.41, 5.74) is -0.204. The van der Waals surface area contributed by atoms with E-state index in [1.165, 1.54) is 18.2 Å². The van der Waals surface area contributed by atoms with Crippen molar-refractivity contribution in [3.05, 3.63) is 29.8 Å². The molecule has 2 N–H and O–H groups in total. The van der Waals surface area contributed by atoms with Gasteiger partial charge in [-0.1, -0.05) is 12.1 Å². The van der Waals surface area contributed by atoms with Crippen LogP contribution < -0.4 is 4.84 Å². The largest absolute Gasteiger partial charge is 0.295 e. The van der Waals surface area contributed by atoms with Crippen LogP contribution in [0.1, 0.15) is 10.4 Å². The Balaban J connectivity index is 3.38. The van der Waals surface area contributed by atoms with E-state index in [0.29, 0.717) is 0 Å². The van der Waals surface area contributed by atoms with E-state index < -0.39 is 20.9 Å². The molecule has 76 valence electrons. The Morgan fingerprint density at radius 3 is 2.43 bits per heavy atom. The van der Waals surface area contributed by atoms with Crippen LogP contribution in [0.3, 0.4) is 0 Å². The maximum absolute atomic E-state index is 11.1. The Hall–Kier alpha value is -1.11. The van der Waals surface area contributed by atoms with Gasteiger partial charge in [0.2, 0.25) is 0 Å². The fourth-order valence-electron chi connectivity index (χ4n) is 0.930. The van der Waals surface area contributed by atoms with Gasteiger partial charge in [0.15, 0.2) is 0 Å². The number of nitrogens with one attached hydrogen (secondary N) is 1. The third-order valence-corrected chi connectivity index (χ3v) is 2.58. The molecule has 0 heterocycles. The zero-order valence-corrected chi connectivity index (χ0v) is 8.34. The van der Waals surface area contributed by atoms with Gasteiger partial charge in [-0.15, -0.1) is 0 Å². The lowest BCUT2D eigenvalue weighted by molar-refractivity contribution is 0.0978. The molecule has 5 nitrogen and oxygen atoms in total. The summed E-state index contributed by atoms with van der Waals surface area (Å²) in [4.78, 5) is 12.3. The summed E-state index contributed by atoms with van der Waals surface area (Å²) in [6.07, 6.45) is 0. The van der Waals surface area contributed by atoms with E-state index in [2.05, 4.69) is 0 Å². The van der Waals surface area contributed by atoms with Crippen molar-refractivity contribution in [2.45, 2.75) is 4.90 Å². The second-order valence-corrected chi connectivity index (χ2v) is 3.97. The van der Waals surface area contributed by atoms with Crippen LogP contribution in [0.2, 0.25) is 0 Å². The van der Waals surface area contributed by atoms with E-state index in [4.69, 9.17) is 16.3 Å². The first kappa shape index (κ1) is 11.0. The molecule has 0 bridgehead atoms. The molecule has 1 aromatic carbocycles. The smallest absolute Gasteiger partial charge is 0.282 e. The predicted octanol–water partition coefficient (Wildman–Crippen LogP) is 0.817. The molecule has 0 spiro atoms. The number of hydrogen-bond acceptors (Lipinski definition) is 3. The molecule has 1 rings (SSSR count). The Morgan fingerprint density at radius 1 is 1.36 bits per heavy atom. The van der Waals surface area contributed by atoms with Crippen molar-refractivity contribution in [2.24, 2.45) is 0 Å². The topological polar surface area (TPSA) is 83.5 Å². The summed E-state index contributed by atoms with van der Waals surface area (Å²) in [5, 5.41) is 0. The van der Waals surface area contributed by atoms with Gasteiger partial charge in [-0.05, 0) is 12.1 Å². The molecule has 1 amide bonds. The van der Waals surface area contributed by atoms with Crippen molar-refractivity contribution in [3.8, 4) is 0 Å². The highest BCUT2D eigenvalue weighted by Crippen LogP contribution is 2.14. The highest BCUT2D eigenvalue weighted by Gasteiger charge is 2.18. The van der Waals surface area contributed by atoms with Gasteiger partial charge in [-0.3, -0.25) is 14.2 Å². The molecule has 0 aliphatic carbocycles. The van der Waals surface area contributed by atoms with Gasteiger partial charge in [-0.2, -0.15) is 8.42 Å². The lowest BCUT2D eigenvalue weighted by atomic mass is 10.2. The molecule has 0 radical (unpaired) electrons. The molecule has 0 aromatic heterocycles. The summed E-state index contributed by atoms with van der Waals surface area (Å²) >= 11 is 5.03. The number of carbonyl (C=O) groups is 1. The van der Waals surface area contributed by atoms with Crippen molar-refractivity contribution < 1.29 is 17.8 Å². The van der Waals surface area contributed by atoms with Gasteiger partial charge in [0.25, 0.3) is 16.0 Å². The molecule has 14 heavy (non-hydrogen) atoms. The zero-order chi connectivity index (χ0) is 10.8. The van der Waals surface area contributed by atoms with E-state index in [1.807, 2.05) is 0 Å². The average Bonchev–Trinajstić information content (AvgIpc) is 2.15. The van der Waals surface area contributed by atoms with E-state index >= 15 is 0 Å². The summed E-state index contributed by atoms with van der Waals surface area (Å²) < 4.78 is 30.4. The molecule has 0 aliphatic heterocycles. The van der Waals surface area contributed by atoms with E-state index in [1.54, 1.807) is 4.84 Å².